The fraction of sp³-hybridized carbons (Fsp3) is 0.115. The Morgan fingerprint density at radius 3 is 2.53 bits per heavy atom. The van der Waals surface area contributed by atoms with Gasteiger partial charge in [-0.1, -0.05) is 60.7 Å². The number of benzene rings is 3. The molecule has 0 spiro atoms. The van der Waals surface area contributed by atoms with Crippen molar-refractivity contribution in [1.82, 2.24) is 5.32 Å². The second-order valence-corrected chi connectivity index (χ2v) is 8.16. The molecule has 1 heterocycles. The molecule has 0 saturated carbocycles. The molecule has 4 rings (SSSR count). The van der Waals surface area contributed by atoms with E-state index in [4.69, 9.17) is 9.73 Å². The molecule has 3 N–H and O–H groups in total. The Labute approximate surface area is 192 Å². The molecule has 0 aliphatic heterocycles. The molecule has 0 bridgehead atoms. The predicted octanol–water partition coefficient (Wildman–Crippen LogP) is 5.89. The van der Waals surface area contributed by atoms with E-state index in [1.807, 2.05) is 78.2 Å². The first-order valence-electron chi connectivity index (χ1n) is 10.3. The van der Waals surface area contributed by atoms with Crippen LogP contribution in [0.5, 0.6) is 11.5 Å². The maximum atomic E-state index is 10.5. The second kappa shape index (κ2) is 10.5. The molecule has 0 radical (unpaired) electrons. The molecule has 162 valence electrons. The minimum absolute atomic E-state index is 0.160. The monoisotopic (exact) mass is 443 g/mol. The van der Waals surface area contributed by atoms with E-state index in [1.165, 1.54) is 4.88 Å². The zero-order valence-electron chi connectivity index (χ0n) is 17.8. The number of phenolic OH excluding ortho intramolecular Hbond substituents is 1. The van der Waals surface area contributed by atoms with Crippen LogP contribution in [0.4, 0.5) is 5.69 Å². The number of methoxy groups -OCH3 is 1. The minimum Gasteiger partial charge on any atom is -0.506 e. The lowest BCUT2D eigenvalue weighted by molar-refractivity contribution is 0.410. The van der Waals surface area contributed by atoms with E-state index >= 15 is 0 Å². The van der Waals surface area contributed by atoms with Crippen LogP contribution < -0.4 is 15.4 Å². The minimum atomic E-state index is 0.160. The maximum absolute atomic E-state index is 10.5. The summed E-state index contributed by atoms with van der Waals surface area (Å²) in [7, 11) is 1.66. The van der Waals surface area contributed by atoms with Crippen molar-refractivity contribution in [1.29, 1.82) is 0 Å². The highest BCUT2D eigenvalue weighted by Gasteiger charge is 2.09. The number of nitrogens with one attached hydrogen (secondary N) is 2. The fourth-order valence-electron chi connectivity index (χ4n) is 3.30. The number of anilines is 1. The molecule has 0 aliphatic carbocycles. The van der Waals surface area contributed by atoms with Gasteiger partial charge in [0.25, 0.3) is 0 Å². The van der Waals surface area contributed by atoms with Gasteiger partial charge in [-0.15, -0.1) is 11.3 Å². The van der Waals surface area contributed by atoms with E-state index in [1.54, 1.807) is 24.5 Å². The Kier molecular flexibility index (Phi) is 7.05. The van der Waals surface area contributed by atoms with Gasteiger partial charge in [-0.2, -0.15) is 0 Å². The van der Waals surface area contributed by atoms with E-state index < -0.39 is 0 Å². The van der Waals surface area contributed by atoms with Gasteiger partial charge in [0.1, 0.15) is 11.5 Å². The number of nitrogens with zero attached hydrogens (tertiary/aromatic N) is 1. The number of hydrogen-bond acceptors (Lipinski definition) is 4. The summed E-state index contributed by atoms with van der Waals surface area (Å²) >= 11 is 1.68. The summed E-state index contributed by atoms with van der Waals surface area (Å²) in [6, 6.07) is 27.5. The van der Waals surface area contributed by atoms with Crippen molar-refractivity contribution in [2.45, 2.75) is 13.1 Å². The van der Waals surface area contributed by atoms with E-state index in [0.29, 0.717) is 24.7 Å². The summed E-state index contributed by atoms with van der Waals surface area (Å²) in [6.45, 7) is 1.07. The van der Waals surface area contributed by atoms with Crippen LogP contribution in [0.1, 0.15) is 10.4 Å². The molecule has 0 fully saturated rings. The number of aromatic hydroxyl groups is 1. The zero-order valence-corrected chi connectivity index (χ0v) is 18.6. The number of hydrogen-bond donors (Lipinski definition) is 3. The summed E-state index contributed by atoms with van der Waals surface area (Å²) in [6.07, 6.45) is 0. The molecule has 3 aromatic carbocycles. The second-order valence-electron chi connectivity index (χ2n) is 7.13. The molecule has 0 amide bonds. The lowest BCUT2D eigenvalue weighted by Gasteiger charge is -2.15. The molecule has 0 saturated heterocycles. The smallest absolute Gasteiger partial charge is 0.196 e. The summed E-state index contributed by atoms with van der Waals surface area (Å²) in [5.41, 5.74) is 3.65. The predicted molar refractivity (Wildman–Crippen MR) is 132 cm³/mol. The average molecular weight is 444 g/mol. The number of rotatable bonds is 7. The molecule has 0 unspecified atom stereocenters. The largest absolute Gasteiger partial charge is 0.506 e. The molecule has 5 nitrogen and oxygen atoms in total. The zero-order chi connectivity index (χ0) is 22.2. The van der Waals surface area contributed by atoms with E-state index in [0.717, 1.165) is 22.4 Å². The summed E-state index contributed by atoms with van der Waals surface area (Å²) in [5, 5.41) is 19.2. The van der Waals surface area contributed by atoms with E-state index in [-0.39, 0.29) is 5.75 Å². The third kappa shape index (κ3) is 5.47. The Bertz CT molecular complexity index is 1170. The Balaban J connectivity index is 1.59. The summed E-state index contributed by atoms with van der Waals surface area (Å²) in [4.78, 5) is 5.94. The van der Waals surface area contributed by atoms with Gasteiger partial charge in [-0.05, 0) is 40.8 Å². The average Bonchev–Trinajstić information content (AvgIpc) is 3.36. The van der Waals surface area contributed by atoms with Crippen molar-refractivity contribution < 1.29 is 9.84 Å². The van der Waals surface area contributed by atoms with E-state index in [2.05, 4.69) is 16.7 Å². The van der Waals surface area contributed by atoms with Crippen LogP contribution in [-0.2, 0) is 13.1 Å². The molecular weight excluding hydrogens is 418 g/mol. The van der Waals surface area contributed by atoms with Crippen LogP contribution in [0.15, 0.2) is 95.3 Å². The first-order chi connectivity index (χ1) is 15.7. The highest BCUT2D eigenvalue weighted by molar-refractivity contribution is 7.09. The lowest BCUT2D eigenvalue weighted by atomic mass is 10.0. The van der Waals surface area contributed by atoms with Crippen molar-refractivity contribution in [2.75, 3.05) is 12.4 Å². The topological polar surface area (TPSA) is 65.9 Å². The quantitative estimate of drug-likeness (QED) is 0.189. The molecule has 4 aromatic rings. The number of thiophene rings is 1. The van der Waals surface area contributed by atoms with Gasteiger partial charge in [0.05, 0.1) is 25.9 Å². The Morgan fingerprint density at radius 1 is 0.938 bits per heavy atom. The van der Waals surface area contributed by atoms with Crippen LogP contribution in [0.3, 0.4) is 0 Å². The number of ether oxygens (including phenoxy) is 1. The number of para-hydroxylation sites is 1. The van der Waals surface area contributed by atoms with Crippen molar-refractivity contribution in [3.05, 3.63) is 101 Å². The first kappa shape index (κ1) is 21.5. The van der Waals surface area contributed by atoms with Crippen LogP contribution >= 0.6 is 11.3 Å². The molecule has 32 heavy (non-hydrogen) atoms. The van der Waals surface area contributed by atoms with E-state index in [9.17, 15) is 5.11 Å². The third-order valence-electron chi connectivity index (χ3n) is 4.97. The van der Waals surface area contributed by atoms with Crippen molar-refractivity contribution in [2.24, 2.45) is 4.99 Å². The van der Waals surface area contributed by atoms with Crippen LogP contribution in [0.2, 0.25) is 0 Å². The van der Waals surface area contributed by atoms with Crippen LogP contribution in [0, 0.1) is 0 Å². The first-order valence-corrected chi connectivity index (χ1v) is 11.2. The molecule has 1 aromatic heterocycles. The van der Waals surface area contributed by atoms with Crippen molar-refractivity contribution >= 4 is 23.0 Å². The number of aliphatic imine (C=N–C) groups is 1. The van der Waals surface area contributed by atoms with Gasteiger partial charge in [0.2, 0.25) is 0 Å². The maximum Gasteiger partial charge on any atom is 0.196 e. The van der Waals surface area contributed by atoms with Gasteiger partial charge < -0.3 is 20.5 Å². The van der Waals surface area contributed by atoms with Gasteiger partial charge in [0.15, 0.2) is 5.96 Å². The normalized spacial score (nSPS) is 11.2. The molecule has 6 heteroatoms. The van der Waals surface area contributed by atoms with Crippen LogP contribution in [0.25, 0.3) is 11.1 Å². The van der Waals surface area contributed by atoms with Gasteiger partial charge >= 0.3 is 0 Å². The van der Waals surface area contributed by atoms with Gasteiger partial charge in [-0.3, -0.25) is 0 Å². The summed E-state index contributed by atoms with van der Waals surface area (Å²) in [5.74, 6) is 1.53. The van der Waals surface area contributed by atoms with Crippen molar-refractivity contribution in [3.8, 4) is 22.6 Å². The SMILES string of the molecule is COc1ccccc1CN=C(NCc1cccs1)Nc1cc(-c2ccccc2)ccc1O. The molecule has 0 aliphatic rings. The molecule has 0 atom stereocenters. The number of phenols is 1. The van der Waals surface area contributed by atoms with Crippen molar-refractivity contribution in [3.63, 3.8) is 0 Å². The van der Waals surface area contributed by atoms with Gasteiger partial charge in [0, 0.05) is 10.4 Å². The molecular formula is C26H25N3O2S. The standard InChI is InChI=1S/C26H25N3O2S/c1-31-25-12-6-5-10-21(25)17-27-26(28-18-22-11-7-15-32-22)29-23-16-20(13-14-24(23)30)19-8-3-2-4-9-19/h2-16,30H,17-18H2,1H3,(H2,27,28,29). The fourth-order valence-corrected chi connectivity index (χ4v) is 3.94. The van der Waals surface area contributed by atoms with Crippen LogP contribution in [-0.4, -0.2) is 18.2 Å². The Morgan fingerprint density at radius 2 is 1.75 bits per heavy atom. The lowest BCUT2D eigenvalue weighted by Crippen LogP contribution is -2.30. The third-order valence-corrected chi connectivity index (χ3v) is 5.84. The Hall–Kier alpha value is -3.77. The highest BCUT2D eigenvalue weighted by Crippen LogP contribution is 2.30. The highest BCUT2D eigenvalue weighted by atomic mass is 32.1. The number of guanidine groups is 1. The van der Waals surface area contributed by atoms with Gasteiger partial charge in [-0.25, -0.2) is 4.99 Å². The summed E-state index contributed by atoms with van der Waals surface area (Å²) < 4.78 is 5.45.